The third kappa shape index (κ3) is 4.26. The smallest absolute Gasteiger partial charge is 0.125 e. The molecule has 2 rings (SSSR count). The standard InChI is InChI=1S/C20H23NO2/c1-14-10-15(2)20(16(3)11-14)23-9-8-18(13-21)17-6-5-7-19(12-17)22-4/h5-7,10-12,18H,8-9H2,1-4H3. The summed E-state index contributed by atoms with van der Waals surface area (Å²) in [6.45, 7) is 6.71. The van der Waals surface area contributed by atoms with Gasteiger partial charge in [0, 0.05) is 6.42 Å². The molecule has 3 heteroatoms. The maximum Gasteiger partial charge on any atom is 0.125 e. The second kappa shape index (κ2) is 7.69. The summed E-state index contributed by atoms with van der Waals surface area (Å²) in [6.07, 6.45) is 0.649. The Morgan fingerprint density at radius 1 is 1.09 bits per heavy atom. The lowest BCUT2D eigenvalue weighted by Gasteiger charge is -2.15. The Morgan fingerprint density at radius 3 is 2.39 bits per heavy atom. The van der Waals surface area contributed by atoms with Crippen LogP contribution in [-0.4, -0.2) is 13.7 Å². The number of methoxy groups -OCH3 is 1. The number of nitrogens with zero attached hydrogens (tertiary/aromatic N) is 1. The molecule has 0 N–H and O–H groups in total. The fraction of sp³-hybridized carbons (Fsp3) is 0.350. The van der Waals surface area contributed by atoms with Crippen LogP contribution in [0.2, 0.25) is 0 Å². The molecular formula is C20H23NO2. The highest BCUT2D eigenvalue weighted by Gasteiger charge is 2.13. The van der Waals surface area contributed by atoms with Crippen LogP contribution in [0.1, 0.15) is 34.6 Å². The van der Waals surface area contributed by atoms with E-state index in [1.807, 2.05) is 24.3 Å². The van der Waals surface area contributed by atoms with Crippen molar-refractivity contribution in [2.75, 3.05) is 13.7 Å². The third-order valence-electron chi connectivity index (χ3n) is 3.91. The monoisotopic (exact) mass is 309 g/mol. The average Bonchev–Trinajstić information content (AvgIpc) is 2.53. The topological polar surface area (TPSA) is 42.2 Å². The van der Waals surface area contributed by atoms with Crippen molar-refractivity contribution in [3.05, 3.63) is 58.7 Å². The molecule has 0 aliphatic heterocycles. The molecule has 0 heterocycles. The zero-order chi connectivity index (χ0) is 16.8. The van der Waals surface area contributed by atoms with Crippen LogP contribution in [0.25, 0.3) is 0 Å². The van der Waals surface area contributed by atoms with E-state index in [1.165, 1.54) is 5.56 Å². The Morgan fingerprint density at radius 2 is 1.78 bits per heavy atom. The predicted molar refractivity (Wildman–Crippen MR) is 92.1 cm³/mol. The minimum Gasteiger partial charge on any atom is -0.497 e. The Bertz CT molecular complexity index is 693. The molecule has 2 aromatic rings. The van der Waals surface area contributed by atoms with Gasteiger partial charge in [-0.05, 0) is 49.6 Å². The van der Waals surface area contributed by atoms with Gasteiger partial charge >= 0.3 is 0 Å². The number of aryl methyl sites for hydroxylation is 3. The number of hydrogen-bond donors (Lipinski definition) is 0. The average molecular weight is 309 g/mol. The van der Waals surface area contributed by atoms with E-state index in [-0.39, 0.29) is 5.92 Å². The molecule has 1 atom stereocenters. The lowest BCUT2D eigenvalue weighted by molar-refractivity contribution is 0.302. The molecule has 0 radical (unpaired) electrons. The largest absolute Gasteiger partial charge is 0.497 e. The Balaban J connectivity index is 2.03. The Kier molecular flexibility index (Phi) is 5.65. The summed E-state index contributed by atoms with van der Waals surface area (Å²) >= 11 is 0. The molecule has 0 aromatic heterocycles. The van der Waals surface area contributed by atoms with Crippen LogP contribution < -0.4 is 9.47 Å². The fourth-order valence-electron chi connectivity index (χ4n) is 2.84. The van der Waals surface area contributed by atoms with E-state index in [0.29, 0.717) is 13.0 Å². The van der Waals surface area contributed by atoms with Gasteiger partial charge in [0.25, 0.3) is 0 Å². The molecular weight excluding hydrogens is 286 g/mol. The molecule has 0 fully saturated rings. The van der Waals surface area contributed by atoms with Gasteiger partial charge in [-0.15, -0.1) is 0 Å². The van der Waals surface area contributed by atoms with Crippen LogP contribution in [0.4, 0.5) is 0 Å². The number of hydrogen-bond acceptors (Lipinski definition) is 3. The first-order chi connectivity index (χ1) is 11.0. The van der Waals surface area contributed by atoms with Crippen molar-refractivity contribution >= 4 is 0 Å². The molecule has 0 bridgehead atoms. The van der Waals surface area contributed by atoms with Gasteiger partial charge in [-0.3, -0.25) is 0 Å². The van der Waals surface area contributed by atoms with Crippen LogP contribution in [0, 0.1) is 32.1 Å². The maximum absolute atomic E-state index is 9.44. The quantitative estimate of drug-likeness (QED) is 0.777. The minimum absolute atomic E-state index is 0.198. The van der Waals surface area contributed by atoms with Crippen molar-refractivity contribution in [1.29, 1.82) is 5.26 Å². The summed E-state index contributed by atoms with van der Waals surface area (Å²) in [5, 5.41) is 9.44. The molecule has 3 nitrogen and oxygen atoms in total. The number of benzene rings is 2. The zero-order valence-corrected chi connectivity index (χ0v) is 14.2. The number of rotatable bonds is 6. The molecule has 1 unspecified atom stereocenters. The van der Waals surface area contributed by atoms with E-state index < -0.39 is 0 Å². The minimum atomic E-state index is -0.198. The molecule has 0 aliphatic carbocycles. The number of ether oxygens (including phenoxy) is 2. The van der Waals surface area contributed by atoms with Crippen LogP contribution in [-0.2, 0) is 0 Å². The second-order valence-electron chi connectivity index (χ2n) is 5.82. The van der Waals surface area contributed by atoms with Crippen LogP contribution in [0.5, 0.6) is 11.5 Å². The van der Waals surface area contributed by atoms with Gasteiger partial charge in [0.15, 0.2) is 0 Å². The van der Waals surface area contributed by atoms with Crippen molar-refractivity contribution in [3.63, 3.8) is 0 Å². The highest BCUT2D eigenvalue weighted by molar-refractivity contribution is 5.43. The van der Waals surface area contributed by atoms with Crippen molar-refractivity contribution in [3.8, 4) is 17.6 Å². The van der Waals surface area contributed by atoms with Crippen LogP contribution >= 0.6 is 0 Å². The second-order valence-corrected chi connectivity index (χ2v) is 5.82. The van der Waals surface area contributed by atoms with E-state index in [2.05, 4.69) is 39.0 Å². The van der Waals surface area contributed by atoms with E-state index in [0.717, 1.165) is 28.2 Å². The summed E-state index contributed by atoms with van der Waals surface area (Å²) in [4.78, 5) is 0. The Hall–Kier alpha value is -2.47. The first kappa shape index (κ1) is 16.9. The molecule has 2 aromatic carbocycles. The van der Waals surface area contributed by atoms with Crippen molar-refractivity contribution < 1.29 is 9.47 Å². The lowest BCUT2D eigenvalue weighted by atomic mass is 9.97. The summed E-state index contributed by atoms with van der Waals surface area (Å²) in [7, 11) is 1.63. The van der Waals surface area contributed by atoms with Crippen LogP contribution in [0.3, 0.4) is 0 Å². The lowest BCUT2D eigenvalue weighted by Crippen LogP contribution is -2.06. The van der Waals surface area contributed by atoms with Crippen LogP contribution in [0.15, 0.2) is 36.4 Å². The first-order valence-corrected chi connectivity index (χ1v) is 7.79. The Labute approximate surface area is 138 Å². The van der Waals surface area contributed by atoms with Crippen molar-refractivity contribution in [2.24, 2.45) is 0 Å². The van der Waals surface area contributed by atoms with Crippen molar-refractivity contribution in [2.45, 2.75) is 33.1 Å². The molecule has 23 heavy (non-hydrogen) atoms. The number of nitriles is 1. The highest BCUT2D eigenvalue weighted by Crippen LogP contribution is 2.27. The van der Waals surface area contributed by atoms with Gasteiger partial charge in [-0.2, -0.15) is 5.26 Å². The first-order valence-electron chi connectivity index (χ1n) is 7.79. The van der Waals surface area contributed by atoms with Gasteiger partial charge in [0.05, 0.1) is 25.7 Å². The normalized spacial score (nSPS) is 11.6. The van der Waals surface area contributed by atoms with E-state index >= 15 is 0 Å². The molecule has 0 saturated heterocycles. The van der Waals surface area contributed by atoms with Crippen molar-refractivity contribution in [1.82, 2.24) is 0 Å². The third-order valence-corrected chi connectivity index (χ3v) is 3.91. The summed E-state index contributed by atoms with van der Waals surface area (Å²) in [5.74, 6) is 1.50. The van der Waals surface area contributed by atoms with E-state index in [9.17, 15) is 5.26 Å². The van der Waals surface area contributed by atoms with E-state index in [1.54, 1.807) is 7.11 Å². The molecule has 0 aliphatic rings. The highest BCUT2D eigenvalue weighted by atomic mass is 16.5. The SMILES string of the molecule is COc1cccc(C(C#N)CCOc2c(C)cc(C)cc2C)c1. The van der Waals surface area contributed by atoms with Gasteiger partial charge in [0.1, 0.15) is 11.5 Å². The molecule has 0 spiro atoms. The summed E-state index contributed by atoms with van der Waals surface area (Å²) in [5.41, 5.74) is 4.47. The summed E-state index contributed by atoms with van der Waals surface area (Å²) in [6, 6.07) is 14.3. The van der Waals surface area contributed by atoms with Gasteiger partial charge in [-0.25, -0.2) is 0 Å². The van der Waals surface area contributed by atoms with Gasteiger partial charge in [-0.1, -0.05) is 29.8 Å². The molecule has 0 saturated carbocycles. The summed E-state index contributed by atoms with van der Waals surface area (Å²) < 4.78 is 11.2. The van der Waals surface area contributed by atoms with Gasteiger partial charge in [0.2, 0.25) is 0 Å². The fourth-order valence-corrected chi connectivity index (χ4v) is 2.84. The molecule has 0 amide bonds. The van der Waals surface area contributed by atoms with E-state index in [4.69, 9.17) is 9.47 Å². The molecule has 120 valence electrons. The van der Waals surface area contributed by atoms with Gasteiger partial charge < -0.3 is 9.47 Å². The predicted octanol–water partition coefficient (Wildman–Crippen LogP) is 4.70. The zero-order valence-electron chi connectivity index (χ0n) is 14.2. The maximum atomic E-state index is 9.44.